The summed E-state index contributed by atoms with van der Waals surface area (Å²) in [6.07, 6.45) is 1.95. The predicted octanol–water partition coefficient (Wildman–Crippen LogP) is 3.09. The molecule has 9 heteroatoms. The van der Waals surface area contributed by atoms with Gasteiger partial charge in [-0.2, -0.15) is 4.31 Å². The third-order valence-corrected chi connectivity index (χ3v) is 8.30. The second-order valence-electron chi connectivity index (χ2n) is 7.34. The molecule has 1 aromatic rings. The number of rotatable bonds is 4. The molecule has 27 heavy (non-hydrogen) atoms. The topological polar surface area (TPSA) is 69.7 Å². The second kappa shape index (κ2) is 7.52. The molecule has 1 spiro atoms. The number of carbonyl (C=O) groups excluding carboxylic acids is 1. The molecule has 1 amide bonds. The Morgan fingerprint density at radius 2 is 1.89 bits per heavy atom. The quantitative estimate of drug-likeness (QED) is 0.791. The van der Waals surface area contributed by atoms with Crippen molar-refractivity contribution in [3.8, 4) is 0 Å². The van der Waals surface area contributed by atoms with Crippen LogP contribution in [0.2, 0.25) is 10.0 Å². The number of carbonyl (C=O) groups is 1. The average Bonchev–Trinajstić information content (AvgIpc) is 2.87. The van der Waals surface area contributed by atoms with E-state index in [0.29, 0.717) is 31.0 Å². The van der Waals surface area contributed by atoms with E-state index in [9.17, 15) is 13.2 Å². The maximum Gasteiger partial charge on any atom is 0.243 e. The lowest BCUT2D eigenvalue weighted by molar-refractivity contribution is -0.135. The summed E-state index contributed by atoms with van der Waals surface area (Å²) >= 11 is 11.9. The molecule has 1 aromatic carbocycles. The first-order chi connectivity index (χ1) is 12.6. The molecule has 6 nitrogen and oxygen atoms in total. The zero-order valence-electron chi connectivity index (χ0n) is 15.7. The van der Waals surface area contributed by atoms with Crippen LogP contribution in [0.5, 0.6) is 0 Å². The van der Waals surface area contributed by atoms with Crippen molar-refractivity contribution in [2.45, 2.75) is 62.7 Å². The van der Waals surface area contributed by atoms with E-state index < -0.39 is 15.7 Å². The van der Waals surface area contributed by atoms with E-state index in [1.54, 1.807) is 0 Å². The average molecular weight is 434 g/mol. The summed E-state index contributed by atoms with van der Waals surface area (Å²) in [7, 11) is -3.66. The van der Waals surface area contributed by atoms with Gasteiger partial charge in [0.2, 0.25) is 15.9 Å². The van der Waals surface area contributed by atoms with Gasteiger partial charge in [-0.25, -0.2) is 8.42 Å². The first-order valence-electron chi connectivity index (χ1n) is 9.18. The Kier molecular flexibility index (Phi) is 5.81. The first-order valence-corrected chi connectivity index (χ1v) is 11.4. The lowest BCUT2D eigenvalue weighted by atomic mass is 9.95. The Labute approximate surface area is 170 Å². The SMILES string of the molecule is CC[C@@H](C)N1C(=O)[C@H](C)NC12CCN(S(=O)(=O)c1ccc(Cl)c(Cl)c1)CC2. The number of nitrogens with one attached hydrogen (secondary N) is 1. The van der Waals surface area contributed by atoms with Crippen molar-refractivity contribution in [3.05, 3.63) is 28.2 Å². The number of piperidine rings is 1. The number of hydrogen-bond donors (Lipinski definition) is 1. The molecule has 2 aliphatic rings. The van der Waals surface area contributed by atoms with Crippen LogP contribution in [0.1, 0.15) is 40.0 Å². The van der Waals surface area contributed by atoms with Gasteiger partial charge in [0, 0.05) is 19.1 Å². The maximum atomic E-state index is 13.0. The fraction of sp³-hybridized carbons (Fsp3) is 0.611. The zero-order chi connectivity index (χ0) is 20.0. The van der Waals surface area contributed by atoms with Gasteiger partial charge in [0.25, 0.3) is 0 Å². The van der Waals surface area contributed by atoms with Crippen molar-refractivity contribution in [2.75, 3.05) is 13.1 Å². The lowest BCUT2D eigenvalue weighted by Gasteiger charge is -2.46. The standard InChI is InChI=1S/C18H25Cl2N3O3S/c1-4-12(2)23-17(24)13(3)21-18(23)7-9-22(10-8-18)27(25,26)14-5-6-15(19)16(20)11-14/h5-6,11-13,21H,4,7-10H2,1-3H3/t12-,13+/m1/s1. The van der Waals surface area contributed by atoms with Gasteiger partial charge in [-0.05, 0) is 51.3 Å². The van der Waals surface area contributed by atoms with E-state index in [4.69, 9.17) is 23.2 Å². The minimum absolute atomic E-state index is 0.0881. The number of halogens is 2. The highest BCUT2D eigenvalue weighted by molar-refractivity contribution is 7.89. The molecule has 150 valence electrons. The highest BCUT2D eigenvalue weighted by atomic mass is 35.5. The maximum absolute atomic E-state index is 13.0. The largest absolute Gasteiger partial charge is 0.320 e. The summed E-state index contributed by atoms with van der Waals surface area (Å²) in [4.78, 5) is 14.7. The van der Waals surface area contributed by atoms with E-state index in [1.807, 2.05) is 18.7 Å². The summed E-state index contributed by atoms with van der Waals surface area (Å²) in [5, 5.41) is 3.96. The minimum Gasteiger partial charge on any atom is -0.320 e. The molecule has 0 unspecified atom stereocenters. The first kappa shape index (κ1) is 20.9. The molecule has 3 rings (SSSR count). The third-order valence-electron chi connectivity index (χ3n) is 5.66. The van der Waals surface area contributed by atoms with Crippen molar-refractivity contribution in [2.24, 2.45) is 0 Å². The molecule has 2 fully saturated rings. The van der Waals surface area contributed by atoms with E-state index in [2.05, 4.69) is 12.2 Å². The molecule has 0 aliphatic carbocycles. The summed E-state index contributed by atoms with van der Waals surface area (Å²) < 4.78 is 27.4. The minimum atomic E-state index is -3.66. The van der Waals surface area contributed by atoms with Crippen molar-refractivity contribution in [1.82, 2.24) is 14.5 Å². The van der Waals surface area contributed by atoms with Crippen LogP contribution >= 0.6 is 23.2 Å². The number of nitrogens with zero attached hydrogens (tertiary/aromatic N) is 2. The van der Waals surface area contributed by atoms with Gasteiger partial charge in [-0.15, -0.1) is 0 Å². The Hall–Kier alpha value is -0.860. The number of sulfonamides is 1. The normalized spacial score (nSPS) is 24.6. The van der Waals surface area contributed by atoms with Crippen LogP contribution in [0, 0.1) is 0 Å². The molecule has 0 aromatic heterocycles. The molecule has 2 aliphatic heterocycles. The molecule has 0 bridgehead atoms. The number of amides is 1. The van der Waals surface area contributed by atoms with Crippen LogP contribution in [-0.4, -0.2) is 54.4 Å². The van der Waals surface area contributed by atoms with Gasteiger partial charge in [-0.3, -0.25) is 10.1 Å². The zero-order valence-corrected chi connectivity index (χ0v) is 18.0. The van der Waals surface area contributed by atoms with Gasteiger partial charge in [0.05, 0.1) is 26.6 Å². The van der Waals surface area contributed by atoms with Gasteiger partial charge >= 0.3 is 0 Å². The fourth-order valence-corrected chi connectivity index (χ4v) is 5.87. The second-order valence-corrected chi connectivity index (χ2v) is 10.1. The van der Waals surface area contributed by atoms with Crippen molar-refractivity contribution >= 4 is 39.1 Å². The Morgan fingerprint density at radius 3 is 2.44 bits per heavy atom. The van der Waals surface area contributed by atoms with Gasteiger partial charge in [-0.1, -0.05) is 30.1 Å². The highest BCUT2D eigenvalue weighted by Gasteiger charge is 2.52. The Morgan fingerprint density at radius 1 is 1.26 bits per heavy atom. The third kappa shape index (κ3) is 3.60. The van der Waals surface area contributed by atoms with Gasteiger partial charge in [0.1, 0.15) is 0 Å². The number of hydrogen-bond acceptors (Lipinski definition) is 4. The fourth-order valence-electron chi connectivity index (χ4n) is 4.04. The lowest BCUT2D eigenvalue weighted by Crippen LogP contribution is -2.61. The monoisotopic (exact) mass is 433 g/mol. The van der Waals surface area contributed by atoms with E-state index in [-0.39, 0.29) is 27.9 Å². The summed E-state index contributed by atoms with van der Waals surface area (Å²) in [6, 6.07) is 4.20. The predicted molar refractivity (Wildman–Crippen MR) is 106 cm³/mol. The van der Waals surface area contributed by atoms with Crippen molar-refractivity contribution in [3.63, 3.8) is 0 Å². The number of benzene rings is 1. The van der Waals surface area contributed by atoms with Crippen LogP contribution in [0.4, 0.5) is 0 Å². The summed E-state index contributed by atoms with van der Waals surface area (Å²) in [5.74, 6) is 0.0881. The summed E-state index contributed by atoms with van der Waals surface area (Å²) in [6.45, 7) is 6.63. The molecule has 2 saturated heterocycles. The van der Waals surface area contributed by atoms with Crippen LogP contribution in [0.3, 0.4) is 0 Å². The smallest absolute Gasteiger partial charge is 0.243 e. The van der Waals surface area contributed by atoms with E-state index in [0.717, 1.165) is 6.42 Å². The van der Waals surface area contributed by atoms with E-state index >= 15 is 0 Å². The van der Waals surface area contributed by atoms with Crippen molar-refractivity contribution in [1.29, 1.82) is 0 Å². The van der Waals surface area contributed by atoms with Crippen LogP contribution < -0.4 is 5.32 Å². The molecular weight excluding hydrogens is 409 g/mol. The molecule has 0 saturated carbocycles. The highest BCUT2D eigenvalue weighted by Crippen LogP contribution is 2.36. The molecular formula is C18H25Cl2N3O3S. The molecule has 2 atom stereocenters. The van der Waals surface area contributed by atoms with Gasteiger partial charge < -0.3 is 4.90 Å². The molecule has 0 radical (unpaired) electrons. The molecule has 2 heterocycles. The Balaban J connectivity index is 1.81. The van der Waals surface area contributed by atoms with E-state index in [1.165, 1.54) is 22.5 Å². The molecule has 1 N–H and O–H groups in total. The summed E-state index contributed by atoms with van der Waals surface area (Å²) in [5.41, 5.74) is -0.477. The van der Waals surface area contributed by atoms with Crippen LogP contribution in [0.15, 0.2) is 23.1 Å². The van der Waals surface area contributed by atoms with Crippen LogP contribution in [0.25, 0.3) is 0 Å². The Bertz CT molecular complexity index is 838. The van der Waals surface area contributed by atoms with Gasteiger partial charge in [0.15, 0.2) is 0 Å². The van der Waals surface area contributed by atoms with Crippen molar-refractivity contribution < 1.29 is 13.2 Å². The van der Waals surface area contributed by atoms with Crippen LogP contribution in [-0.2, 0) is 14.8 Å².